The van der Waals surface area contributed by atoms with E-state index in [0.29, 0.717) is 30.4 Å². The van der Waals surface area contributed by atoms with E-state index in [-0.39, 0.29) is 24.4 Å². The SMILES string of the molecule is COc1ccc(SCCC(=O)NC(CN)C2CCCCC2)cc1OC.Cl. The van der Waals surface area contributed by atoms with Crippen LogP contribution in [0.3, 0.4) is 0 Å². The van der Waals surface area contributed by atoms with Gasteiger partial charge < -0.3 is 20.5 Å². The van der Waals surface area contributed by atoms with Gasteiger partial charge in [0.15, 0.2) is 11.5 Å². The second-order valence-corrected chi connectivity index (χ2v) is 7.59. The summed E-state index contributed by atoms with van der Waals surface area (Å²) in [5, 5.41) is 3.14. The van der Waals surface area contributed by atoms with Crippen molar-refractivity contribution in [3.63, 3.8) is 0 Å². The molecule has 1 aliphatic carbocycles. The number of thioether (sulfide) groups is 1. The average Bonchev–Trinajstić information content (AvgIpc) is 2.66. The van der Waals surface area contributed by atoms with E-state index in [1.807, 2.05) is 18.2 Å². The molecule has 1 amide bonds. The Morgan fingerprint density at radius 2 is 1.92 bits per heavy atom. The first kappa shape index (κ1) is 22.9. The van der Waals surface area contributed by atoms with Crippen LogP contribution in [0.1, 0.15) is 38.5 Å². The summed E-state index contributed by atoms with van der Waals surface area (Å²) < 4.78 is 10.5. The van der Waals surface area contributed by atoms with Crippen LogP contribution in [0.25, 0.3) is 0 Å². The monoisotopic (exact) mass is 402 g/mol. The number of methoxy groups -OCH3 is 2. The Balaban J connectivity index is 0.00000338. The van der Waals surface area contributed by atoms with Crippen molar-refractivity contribution in [3.05, 3.63) is 18.2 Å². The molecule has 0 aromatic heterocycles. The summed E-state index contributed by atoms with van der Waals surface area (Å²) in [5.41, 5.74) is 5.89. The summed E-state index contributed by atoms with van der Waals surface area (Å²) in [6.45, 7) is 0.527. The van der Waals surface area contributed by atoms with Crippen LogP contribution < -0.4 is 20.5 Å². The molecule has 1 aliphatic rings. The molecule has 1 fully saturated rings. The summed E-state index contributed by atoms with van der Waals surface area (Å²) in [6.07, 6.45) is 6.68. The first-order valence-corrected chi connectivity index (χ1v) is 10.0. The highest BCUT2D eigenvalue weighted by molar-refractivity contribution is 7.99. The molecule has 7 heteroatoms. The maximum Gasteiger partial charge on any atom is 0.221 e. The predicted molar refractivity (Wildman–Crippen MR) is 110 cm³/mol. The fourth-order valence-corrected chi connectivity index (χ4v) is 4.23. The molecule has 1 atom stereocenters. The summed E-state index contributed by atoms with van der Waals surface area (Å²) in [7, 11) is 3.24. The third-order valence-electron chi connectivity index (χ3n) is 4.77. The number of amides is 1. The maximum absolute atomic E-state index is 12.2. The molecular weight excluding hydrogens is 372 g/mol. The highest BCUT2D eigenvalue weighted by Crippen LogP contribution is 2.32. The summed E-state index contributed by atoms with van der Waals surface area (Å²) >= 11 is 1.64. The van der Waals surface area contributed by atoms with Crippen LogP contribution in [-0.2, 0) is 4.79 Å². The van der Waals surface area contributed by atoms with Gasteiger partial charge in [0.1, 0.15) is 0 Å². The summed E-state index contributed by atoms with van der Waals surface area (Å²) in [4.78, 5) is 13.3. The summed E-state index contributed by atoms with van der Waals surface area (Å²) in [6, 6.07) is 5.93. The number of halogens is 1. The van der Waals surface area contributed by atoms with E-state index >= 15 is 0 Å². The quantitative estimate of drug-likeness (QED) is 0.617. The van der Waals surface area contributed by atoms with E-state index in [9.17, 15) is 4.79 Å². The molecule has 0 bridgehead atoms. The van der Waals surface area contributed by atoms with Crippen LogP contribution in [0.2, 0.25) is 0 Å². The van der Waals surface area contributed by atoms with Crippen molar-refractivity contribution >= 4 is 30.1 Å². The number of hydrogen-bond acceptors (Lipinski definition) is 5. The van der Waals surface area contributed by atoms with Crippen molar-refractivity contribution in [2.75, 3.05) is 26.5 Å². The van der Waals surface area contributed by atoms with Gasteiger partial charge in [-0.15, -0.1) is 24.2 Å². The molecule has 3 N–H and O–H groups in total. The highest BCUT2D eigenvalue weighted by Gasteiger charge is 2.23. The maximum atomic E-state index is 12.2. The molecule has 0 radical (unpaired) electrons. The predicted octanol–water partition coefficient (Wildman–Crippen LogP) is 3.63. The van der Waals surface area contributed by atoms with E-state index < -0.39 is 0 Å². The van der Waals surface area contributed by atoms with Gasteiger partial charge in [-0.1, -0.05) is 19.3 Å². The lowest BCUT2D eigenvalue weighted by Crippen LogP contribution is -2.46. The van der Waals surface area contributed by atoms with Gasteiger partial charge in [0, 0.05) is 29.7 Å². The number of benzene rings is 1. The van der Waals surface area contributed by atoms with Crippen molar-refractivity contribution in [1.82, 2.24) is 5.32 Å². The fourth-order valence-electron chi connectivity index (χ4n) is 3.35. The molecule has 0 aliphatic heterocycles. The van der Waals surface area contributed by atoms with Gasteiger partial charge in [-0.05, 0) is 37.0 Å². The second-order valence-electron chi connectivity index (χ2n) is 6.42. The van der Waals surface area contributed by atoms with Crippen molar-refractivity contribution in [3.8, 4) is 11.5 Å². The van der Waals surface area contributed by atoms with E-state index in [0.717, 1.165) is 10.6 Å². The zero-order chi connectivity index (χ0) is 18.1. The van der Waals surface area contributed by atoms with Gasteiger partial charge in [-0.2, -0.15) is 0 Å². The third kappa shape index (κ3) is 6.89. The molecule has 148 valence electrons. The molecule has 1 aromatic rings. The van der Waals surface area contributed by atoms with Crippen LogP contribution in [0.15, 0.2) is 23.1 Å². The number of carbonyl (C=O) groups is 1. The van der Waals surface area contributed by atoms with Crippen LogP contribution in [0.4, 0.5) is 0 Å². The standard InChI is InChI=1S/C19H30N2O3S.ClH/c1-23-17-9-8-15(12-18(17)24-2)25-11-10-19(22)21-16(13-20)14-6-4-3-5-7-14;/h8-9,12,14,16H,3-7,10-11,13,20H2,1-2H3,(H,21,22);1H. The van der Waals surface area contributed by atoms with Gasteiger partial charge in [-0.3, -0.25) is 4.79 Å². The minimum atomic E-state index is 0. The molecule has 1 aromatic carbocycles. The lowest BCUT2D eigenvalue weighted by Gasteiger charge is -2.30. The molecule has 0 heterocycles. The number of nitrogens with one attached hydrogen (secondary N) is 1. The normalized spacial score (nSPS) is 15.7. The Hall–Kier alpha value is -1.11. The van der Waals surface area contributed by atoms with E-state index in [1.165, 1.54) is 32.1 Å². The minimum Gasteiger partial charge on any atom is -0.493 e. The molecule has 26 heavy (non-hydrogen) atoms. The van der Waals surface area contributed by atoms with Crippen LogP contribution >= 0.6 is 24.2 Å². The van der Waals surface area contributed by atoms with E-state index in [1.54, 1.807) is 26.0 Å². The van der Waals surface area contributed by atoms with Gasteiger partial charge >= 0.3 is 0 Å². The molecule has 0 spiro atoms. The van der Waals surface area contributed by atoms with Crippen molar-refractivity contribution in [2.24, 2.45) is 11.7 Å². The Labute approximate surface area is 167 Å². The minimum absolute atomic E-state index is 0. The van der Waals surface area contributed by atoms with Crippen LogP contribution in [-0.4, -0.2) is 38.5 Å². The summed E-state index contributed by atoms with van der Waals surface area (Å²) in [5.74, 6) is 2.78. The first-order chi connectivity index (χ1) is 12.2. The fraction of sp³-hybridized carbons (Fsp3) is 0.632. The first-order valence-electron chi connectivity index (χ1n) is 9.02. The Morgan fingerprint density at radius 3 is 2.54 bits per heavy atom. The molecule has 1 saturated carbocycles. The van der Waals surface area contributed by atoms with Crippen molar-refractivity contribution in [2.45, 2.75) is 49.5 Å². The second kappa shape index (κ2) is 12.3. The lowest BCUT2D eigenvalue weighted by molar-refractivity contribution is -0.121. The van der Waals surface area contributed by atoms with E-state index in [2.05, 4.69) is 5.32 Å². The van der Waals surface area contributed by atoms with Gasteiger partial charge in [-0.25, -0.2) is 0 Å². The number of ether oxygens (including phenoxy) is 2. The van der Waals surface area contributed by atoms with Crippen molar-refractivity contribution < 1.29 is 14.3 Å². The third-order valence-corrected chi connectivity index (χ3v) is 5.77. The number of nitrogens with two attached hydrogens (primary N) is 1. The van der Waals surface area contributed by atoms with Crippen LogP contribution in [0, 0.1) is 5.92 Å². The lowest BCUT2D eigenvalue weighted by atomic mass is 9.84. The van der Waals surface area contributed by atoms with Gasteiger partial charge in [0.2, 0.25) is 5.91 Å². The molecule has 5 nitrogen and oxygen atoms in total. The zero-order valence-corrected chi connectivity index (χ0v) is 17.3. The number of rotatable bonds is 9. The number of hydrogen-bond donors (Lipinski definition) is 2. The van der Waals surface area contributed by atoms with Crippen LogP contribution in [0.5, 0.6) is 11.5 Å². The topological polar surface area (TPSA) is 73.6 Å². The highest BCUT2D eigenvalue weighted by atomic mass is 35.5. The molecule has 0 saturated heterocycles. The molecule has 2 rings (SSSR count). The zero-order valence-electron chi connectivity index (χ0n) is 15.7. The average molecular weight is 403 g/mol. The van der Waals surface area contributed by atoms with Gasteiger partial charge in [0.05, 0.1) is 14.2 Å². The Morgan fingerprint density at radius 1 is 1.23 bits per heavy atom. The number of carbonyl (C=O) groups excluding carboxylic acids is 1. The van der Waals surface area contributed by atoms with E-state index in [4.69, 9.17) is 15.2 Å². The van der Waals surface area contributed by atoms with Crippen molar-refractivity contribution in [1.29, 1.82) is 0 Å². The smallest absolute Gasteiger partial charge is 0.221 e. The largest absolute Gasteiger partial charge is 0.493 e. The molecule has 1 unspecified atom stereocenters. The Bertz CT molecular complexity index is 554. The van der Waals surface area contributed by atoms with Gasteiger partial charge in [0.25, 0.3) is 0 Å². The Kier molecular flexibility index (Phi) is 10.9. The molecular formula is C19H31ClN2O3S.